The maximum Gasteiger partial charge on any atom is 0.345 e. The lowest BCUT2D eigenvalue weighted by Crippen LogP contribution is -2.02. The van der Waals surface area contributed by atoms with E-state index >= 15 is 0 Å². The first-order valence-electron chi connectivity index (χ1n) is 3.56. The van der Waals surface area contributed by atoms with Crippen molar-refractivity contribution in [2.24, 2.45) is 0 Å². The molecule has 0 saturated heterocycles. The molecule has 0 radical (unpaired) electrons. The zero-order valence-corrected chi connectivity index (χ0v) is 7.02. The van der Waals surface area contributed by atoms with Crippen molar-refractivity contribution in [2.75, 3.05) is 7.11 Å². The molecule has 68 valence electrons. The topological polar surface area (TPSA) is 52.6 Å². The Bertz CT molecular complexity index is 302. The van der Waals surface area contributed by atoms with Gasteiger partial charge in [-0.05, 0) is 24.3 Å². The minimum Gasteiger partial charge on any atom is -0.497 e. The molecule has 1 rings (SSSR count). The van der Waals surface area contributed by atoms with Crippen molar-refractivity contribution in [2.45, 2.75) is 0 Å². The molecule has 0 aliphatic rings. The molecule has 0 aliphatic carbocycles. The number of esters is 1. The third kappa shape index (κ3) is 2.30. The molecule has 0 saturated carbocycles. The van der Waals surface area contributed by atoms with Crippen LogP contribution in [-0.4, -0.2) is 19.6 Å². The number of hydrogen-bond acceptors (Lipinski definition) is 4. The monoisotopic (exact) mass is 180 g/mol. The van der Waals surface area contributed by atoms with Crippen molar-refractivity contribution >= 4 is 12.4 Å². The number of methoxy groups -OCH3 is 1. The van der Waals surface area contributed by atoms with Gasteiger partial charge < -0.3 is 9.47 Å². The van der Waals surface area contributed by atoms with Crippen LogP contribution in [0.25, 0.3) is 0 Å². The van der Waals surface area contributed by atoms with Crippen LogP contribution in [-0.2, 0) is 9.53 Å². The van der Waals surface area contributed by atoms with Crippen LogP contribution in [0.2, 0.25) is 0 Å². The van der Waals surface area contributed by atoms with Crippen LogP contribution in [0, 0.1) is 0 Å². The largest absolute Gasteiger partial charge is 0.497 e. The van der Waals surface area contributed by atoms with Crippen LogP contribution < -0.4 is 4.74 Å². The normalized spacial score (nSPS) is 9.00. The molecule has 0 fully saturated rings. The van der Waals surface area contributed by atoms with Gasteiger partial charge in [-0.3, -0.25) is 4.79 Å². The summed E-state index contributed by atoms with van der Waals surface area (Å²) < 4.78 is 9.03. The molecule has 4 nitrogen and oxygen atoms in total. The number of hydrogen-bond donors (Lipinski definition) is 0. The fraction of sp³-hybridized carbons (Fsp3) is 0.111. The van der Waals surface area contributed by atoms with E-state index in [-0.39, 0.29) is 6.47 Å². The minimum absolute atomic E-state index is 0.104. The summed E-state index contributed by atoms with van der Waals surface area (Å²) in [6.07, 6.45) is 0. The molecule has 0 aliphatic heterocycles. The van der Waals surface area contributed by atoms with Crippen LogP contribution in [0.4, 0.5) is 0 Å². The average Bonchev–Trinajstić information content (AvgIpc) is 2.18. The lowest BCUT2D eigenvalue weighted by molar-refractivity contribution is -0.123. The van der Waals surface area contributed by atoms with Crippen molar-refractivity contribution < 1.29 is 19.1 Å². The Morgan fingerprint density at radius 2 is 1.92 bits per heavy atom. The third-order valence-electron chi connectivity index (χ3n) is 1.48. The van der Waals surface area contributed by atoms with Gasteiger partial charge in [0.1, 0.15) is 5.75 Å². The summed E-state index contributed by atoms with van der Waals surface area (Å²) in [4.78, 5) is 20.8. The Kier molecular flexibility index (Phi) is 3.03. The summed E-state index contributed by atoms with van der Waals surface area (Å²) in [7, 11) is 1.53. The van der Waals surface area contributed by atoms with E-state index in [4.69, 9.17) is 4.74 Å². The number of rotatable bonds is 3. The molecular weight excluding hydrogens is 172 g/mol. The van der Waals surface area contributed by atoms with E-state index < -0.39 is 5.97 Å². The quantitative estimate of drug-likeness (QED) is 0.395. The highest BCUT2D eigenvalue weighted by molar-refractivity contribution is 5.93. The molecular formula is C9H8O4. The summed E-state index contributed by atoms with van der Waals surface area (Å²) >= 11 is 0. The molecule has 1 aromatic rings. The van der Waals surface area contributed by atoms with Crippen molar-refractivity contribution in [3.63, 3.8) is 0 Å². The van der Waals surface area contributed by atoms with Gasteiger partial charge in [0.25, 0.3) is 0 Å². The highest BCUT2D eigenvalue weighted by Crippen LogP contribution is 2.11. The number of benzene rings is 1. The highest BCUT2D eigenvalue weighted by atomic mass is 16.6. The first kappa shape index (κ1) is 9.25. The zero-order valence-electron chi connectivity index (χ0n) is 7.02. The first-order chi connectivity index (χ1) is 6.27. The molecule has 0 spiro atoms. The smallest absolute Gasteiger partial charge is 0.345 e. The van der Waals surface area contributed by atoms with E-state index in [1.165, 1.54) is 19.2 Å². The molecule has 0 aromatic heterocycles. The predicted octanol–water partition coefficient (Wildman–Crippen LogP) is 1.01. The molecule has 0 bridgehead atoms. The Morgan fingerprint density at radius 1 is 1.31 bits per heavy atom. The molecule has 4 heteroatoms. The molecule has 0 amide bonds. The highest BCUT2D eigenvalue weighted by Gasteiger charge is 2.05. The summed E-state index contributed by atoms with van der Waals surface area (Å²) in [5.41, 5.74) is 0.313. The van der Waals surface area contributed by atoms with Crippen molar-refractivity contribution in [1.82, 2.24) is 0 Å². The van der Waals surface area contributed by atoms with E-state index in [0.29, 0.717) is 11.3 Å². The number of carbonyl (C=O) groups excluding carboxylic acids is 2. The van der Waals surface area contributed by atoms with Crippen molar-refractivity contribution in [1.29, 1.82) is 0 Å². The maximum absolute atomic E-state index is 11.0. The Hall–Kier alpha value is -1.84. The van der Waals surface area contributed by atoms with Gasteiger partial charge in [-0.2, -0.15) is 0 Å². The van der Waals surface area contributed by atoms with Crippen molar-refractivity contribution in [3.05, 3.63) is 29.8 Å². The first-order valence-corrected chi connectivity index (χ1v) is 3.56. The number of ether oxygens (including phenoxy) is 2. The van der Waals surface area contributed by atoms with Crippen molar-refractivity contribution in [3.8, 4) is 5.75 Å². The van der Waals surface area contributed by atoms with Gasteiger partial charge in [0.2, 0.25) is 0 Å². The predicted molar refractivity (Wildman–Crippen MR) is 44.5 cm³/mol. The Morgan fingerprint density at radius 3 is 2.38 bits per heavy atom. The molecule has 13 heavy (non-hydrogen) atoms. The summed E-state index contributed by atoms with van der Waals surface area (Å²) in [5, 5.41) is 0. The van der Waals surface area contributed by atoms with Crippen LogP contribution in [0.3, 0.4) is 0 Å². The van der Waals surface area contributed by atoms with E-state index in [1.54, 1.807) is 12.1 Å². The van der Waals surface area contributed by atoms with Gasteiger partial charge in [0.15, 0.2) is 0 Å². The van der Waals surface area contributed by atoms with Gasteiger partial charge >= 0.3 is 12.4 Å². The van der Waals surface area contributed by atoms with Crippen LogP contribution in [0.5, 0.6) is 5.75 Å². The summed E-state index contributed by atoms with van der Waals surface area (Å²) in [6, 6.07) is 6.26. The molecule has 0 atom stereocenters. The van der Waals surface area contributed by atoms with Gasteiger partial charge in [0, 0.05) is 0 Å². The van der Waals surface area contributed by atoms with Gasteiger partial charge in [0.05, 0.1) is 12.7 Å². The Labute approximate surface area is 75.1 Å². The minimum atomic E-state index is -0.669. The molecule has 0 heterocycles. The maximum atomic E-state index is 11.0. The van der Waals surface area contributed by atoms with Gasteiger partial charge in [-0.15, -0.1) is 0 Å². The summed E-state index contributed by atoms with van der Waals surface area (Å²) in [6.45, 7) is 0.104. The second kappa shape index (κ2) is 4.25. The van der Waals surface area contributed by atoms with E-state index in [9.17, 15) is 9.59 Å². The van der Waals surface area contributed by atoms with E-state index in [1.807, 2.05) is 0 Å². The zero-order chi connectivity index (χ0) is 9.68. The van der Waals surface area contributed by atoms with E-state index in [2.05, 4.69) is 4.74 Å². The lowest BCUT2D eigenvalue weighted by Gasteiger charge is -2.00. The van der Waals surface area contributed by atoms with Gasteiger partial charge in [-0.1, -0.05) is 0 Å². The molecule has 0 unspecified atom stereocenters. The molecule has 0 N–H and O–H groups in total. The lowest BCUT2D eigenvalue weighted by atomic mass is 10.2. The fourth-order valence-corrected chi connectivity index (χ4v) is 0.839. The van der Waals surface area contributed by atoms with Gasteiger partial charge in [-0.25, -0.2) is 4.79 Å². The standard InChI is InChI=1S/C9H8O4/c1-12-8-4-2-7(3-5-8)9(11)13-6-10/h2-6H,1H3. The van der Waals surface area contributed by atoms with E-state index in [0.717, 1.165) is 0 Å². The second-order valence-corrected chi connectivity index (χ2v) is 2.23. The molecule has 1 aromatic carbocycles. The number of carbonyl (C=O) groups is 2. The fourth-order valence-electron chi connectivity index (χ4n) is 0.839. The average molecular weight is 180 g/mol. The SMILES string of the molecule is COc1ccc(C(=O)OC=O)cc1. The van der Waals surface area contributed by atoms with Crippen LogP contribution >= 0.6 is 0 Å². The van der Waals surface area contributed by atoms with Crippen LogP contribution in [0.15, 0.2) is 24.3 Å². The van der Waals surface area contributed by atoms with Crippen LogP contribution in [0.1, 0.15) is 10.4 Å². The second-order valence-electron chi connectivity index (χ2n) is 2.23. The summed E-state index contributed by atoms with van der Waals surface area (Å²) in [5.74, 6) is -0.0275. The Balaban J connectivity index is 2.79. The third-order valence-corrected chi connectivity index (χ3v) is 1.48.